The highest BCUT2D eigenvalue weighted by atomic mass is 15.3. The fourth-order valence-corrected chi connectivity index (χ4v) is 5.48. The third kappa shape index (κ3) is 3.26. The quantitative estimate of drug-likeness (QED) is 0.296. The summed E-state index contributed by atoms with van der Waals surface area (Å²) in [5.74, 6) is 0. The lowest BCUT2D eigenvalue weighted by molar-refractivity contribution is 0.429. The number of benzene rings is 3. The lowest BCUT2D eigenvalue weighted by Crippen LogP contribution is -2.32. The molecule has 180 valence electrons. The lowest BCUT2D eigenvalue weighted by Gasteiger charge is -2.24. The van der Waals surface area contributed by atoms with Crippen LogP contribution in [0.1, 0.15) is 11.1 Å². The molecule has 6 aromatic rings. The number of hydrogen-bond acceptors (Lipinski definition) is 4. The second-order valence-electron chi connectivity index (χ2n) is 9.68. The van der Waals surface area contributed by atoms with Crippen LogP contribution in [0.2, 0.25) is 0 Å². The van der Waals surface area contributed by atoms with Crippen molar-refractivity contribution in [1.82, 2.24) is 24.6 Å². The summed E-state index contributed by atoms with van der Waals surface area (Å²) in [6.45, 7) is 0. The Balaban J connectivity index is 1.18. The monoisotopic (exact) mass is 489 g/mol. The third-order valence-electron chi connectivity index (χ3n) is 7.39. The lowest BCUT2D eigenvalue weighted by atomic mass is 9.99. The average Bonchev–Trinajstić information content (AvgIpc) is 3.59. The zero-order valence-electron chi connectivity index (χ0n) is 20.5. The van der Waals surface area contributed by atoms with Crippen molar-refractivity contribution < 1.29 is 0 Å². The minimum absolute atomic E-state index is 0.140. The first-order valence-corrected chi connectivity index (χ1v) is 12.8. The van der Waals surface area contributed by atoms with Gasteiger partial charge >= 0.3 is 0 Å². The molecule has 38 heavy (non-hydrogen) atoms. The highest BCUT2D eigenvalue weighted by Crippen LogP contribution is 2.34. The van der Waals surface area contributed by atoms with Gasteiger partial charge in [-0.1, -0.05) is 91.0 Å². The van der Waals surface area contributed by atoms with Crippen LogP contribution in [0.5, 0.6) is 0 Å². The molecule has 0 bridgehead atoms. The van der Waals surface area contributed by atoms with Crippen molar-refractivity contribution in [2.75, 3.05) is 0 Å². The largest absolute Gasteiger partial charge is 0.360 e. The van der Waals surface area contributed by atoms with E-state index in [1.54, 1.807) is 0 Å². The molecule has 5 heteroatoms. The SMILES string of the molecule is C1=CC2NC(c3ccccc3)=CN2C=C1c1ccc(-c2nc3c(nc4ccccn43)c3ccccc23)cc1. The Bertz CT molecular complexity index is 1950. The molecule has 3 aromatic carbocycles. The van der Waals surface area contributed by atoms with Crippen molar-refractivity contribution in [3.8, 4) is 11.3 Å². The molecule has 0 radical (unpaired) electrons. The summed E-state index contributed by atoms with van der Waals surface area (Å²) in [6.07, 6.45) is 11.0. The van der Waals surface area contributed by atoms with Gasteiger partial charge in [0, 0.05) is 34.9 Å². The smallest absolute Gasteiger partial charge is 0.165 e. The van der Waals surface area contributed by atoms with Crippen LogP contribution in [0.3, 0.4) is 0 Å². The minimum atomic E-state index is 0.140. The number of hydrogen-bond donors (Lipinski definition) is 1. The van der Waals surface area contributed by atoms with E-state index in [1.165, 1.54) is 16.7 Å². The number of pyridine rings is 2. The van der Waals surface area contributed by atoms with Gasteiger partial charge in [0.1, 0.15) is 17.3 Å². The predicted molar refractivity (Wildman–Crippen MR) is 154 cm³/mol. The third-order valence-corrected chi connectivity index (χ3v) is 7.39. The standard InChI is InChI=1S/C33H23N5/c1-2-8-23(9-3-1)28-21-37-20-25(17-18-29(37)34-28)22-13-15-24(16-14-22)31-26-10-4-5-11-27(26)32-33(36-31)38-19-7-6-12-30(38)35-32/h1-21,29,34H. The summed E-state index contributed by atoms with van der Waals surface area (Å²) < 4.78 is 2.06. The molecule has 0 aliphatic carbocycles. The number of fused-ring (bicyclic) bond motifs is 6. The van der Waals surface area contributed by atoms with Crippen LogP contribution in [0.4, 0.5) is 0 Å². The highest BCUT2D eigenvalue weighted by Gasteiger charge is 2.24. The molecular weight excluding hydrogens is 466 g/mol. The Morgan fingerprint density at radius 2 is 1.42 bits per heavy atom. The molecule has 1 atom stereocenters. The first-order chi connectivity index (χ1) is 18.8. The van der Waals surface area contributed by atoms with Gasteiger partial charge in [-0.2, -0.15) is 0 Å². The topological polar surface area (TPSA) is 45.5 Å². The fraction of sp³-hybridized carbons (Fsp3) is 0.0303. The zero-order valence-corrected chi connectivity index (χ0v) is 20.5. The molecule has 0 fully saturated rings. The number of nitrogens with zero attached hydrogens (tertiary/aromatic N) is 4. The van der Waals surface area contributed by atoms with E-state index in [2.05, 4.69) is 112 Å². The molecule has 1 unspecified atom stereocenters. The van der Waals surface area contributed by atoms with E-state index in [0.717, 1.165) is 44.5 Å². The van der Waals surface area contributed by atoms with Crippen molar-refractivity contribution in [1.29, 1.82) is 0 Å². The summed E-state index contributed by atoms with van der Waals surface area (Å²) >= 11 is 0. The normalized spacial score (nSPS) is 16.5. The van der Waals surface area contributed by atoms with Gasteiger partial charge in [-0.25, -0.2) is 9.97 Å². The number of aromatic nitrogens is 3. The van der Waals surface area contributed by atoms with Gasteiger partial charge < -0.3 is 10.2 Å². The number of imidazole rings is 1. The first-order valence-electron chi connectivity index (χ1n) is 12.8. The molecule has 2 aliphatic heterocycles. The van der Waals surface area contributed by atoms with E-state index in [1.807, 2.05) is 30.5 Å². The molecule has 2 aliphatic rings. The fourth-order valence-electron chi connectivity index (χ4n) is 5.48. The Hall–Kier alpha value is -5.16. The summed E-state index contributed by atoms with van der Waals surface area (Å²) in [5, 5.41) is 5.82. The van der Waals surface area contributed by atoms with Crippen LogP contribution < -0.4 is 5.32 Å². The van der Waals surface area contributed by atoms with Crippen molar-refractivity contribution in [3.63, 3.8) is 0 Å². The Labute approximate surface area is 219 Å². The molecule has 3 aromatic heterocycles. The molecule has 5 nitrogen and oxygen atoms in total. The molecule has 1 N–H and O–H groups in total. The van der Waals surface area contributed by atoms with Crippen molar-refractivity contribution in [2.24, 2.45) is 0 Å². The summed E-state index contributed by atoms with van der Waals surface area (Å²) in [4.78, 5) is 12.2. The van der Waals surface area contributed by atoms with E-state index in [4.69, 9.17) is 9.97 Å². The predicted octanol–water partition coefficient (Wildman–Crippen LogP) is 6.84. The van der Waals surface area contributed by atoms with Gasteiger partial charge in [-0.3, -0.25) is 4.40 Å². The maximum Gasteiger partial charge on any atom is 0.165 e. The molecule has 0 amide bonds. The second kappa shape index (κ2) is 8.18. The molecular formula is C33H23N5. The van der Waals surface area contributed by atoms with Crippen LogP contribution in [0.15, 0.2) is 128 Å². The minimum Gasteiger partial charge on any atom is -0.360 e. The maximum absolute atomic E-state index is 5.13. The van der Waals surface area contributed by atoms with Crippen LogP contribution in [0.25, 0.3) is 50.1 Å². The van der Waals surface area contributed by atoms with Crippen molar-refractivity contribution >= 4 is 38.9 Å². The molecule has 0 saturated carbocycles. The van der Waals surface area contributed by atoms with Gasteiger partial charge in [0.15, 0.2) is 5.65 Å². The molecule has 8 rings (SSSR count). The van der Waals surface area contributed by atoms with Crippen LogP contribution in [-0.2, 0) is 0 Å². The zero-order chi connectivity index (χ0) is 25.1. The van der Waals surface area contributed by atoms with E-state index < -0.39 is 0 Å². The summed E-state index contributed by atoms with van der Waals surface area (Å²) in [6, 6.07) is 33.6. The molecule has 0 spiro atoms. The van der Waals surface area contributed by atoms with Gasteiger partial charge in [-0.15, -0.1) is 0 Å². The van der Waals surface area contributed by atoms with Gasteiger partial charge in [0.25, 0.3) is 0 Å². The molecule has 0 saturated heterocycles. The van der Waals surface area contributed by atoms with E-state index in [0.29, 0.717) is 0 Å². The number of nitrogens with one attached hydrogen (secondary N) is 1. The first kappa shape index (κ1) is 21.0. The summed E-state index contributed by atoms with van der Waals surface area (Å²) in [5.41, 5.74) is 9.45. The van der Waals surface area contributed by atoms with E-state index in [-0.39, 0.29) is 6.17 Å². The maximum atomic E-state index is 5.13. The van der Waals surface area contributed by atoms with Gasteiger partial charge in [0.05, 0.1) is 11.4 Å². The van der Waals surface area contributed by atoms with Gasteiger partial charge in [-0.05, 0) is 34.9 Å². The Kier molecular flexibility index (Phi) is 4.52. The van der Waals surface area contributed by atoms with Crippen LogP contribution in [0, 0.1) is 0 Å². The number of allylic oxidation sites excluding steroid dienone is 2. The Morgan fingerprint density at radius 3 is 2.29 bits per heavy atom. The average molecular weight is 490 g/mol. The molecule has 5 heterocycles. The highest BCUT2D eigenvalue weighted by molar-refractivity contribution is 6.09. The van der Waals surface area contributed by atoms with E-state index in [9.17, 15) is 0 Å². The second-order valence-corrected chi connectivity index (χ2v) is 9.68. The van der Waals surface area contributed by atoms with Crippen LogP contribution in [-0.4, -0.2) is 25.4 Å². The van der Waals surface area contributed by atoms with Crippen molar-refractivity contribution in [3.05, 3.63) is 139 Å². The number of rotatable bonds is 3. The van der Waals surface area contributed by atoms with Crippen LogP contribution >= 0.6 is 0 Å². The van der Waals surface area contributed by atoms with Crippen molar-refractivity contribution in [2.45, 2.75) is 6.17 Å². The Morgan fingerprint density at radius 1 is 0.658 bits per heavy atom. The summed E-state index contributed by atoms with van der Waals surface area (Å²) in [7, 11) is 0. The van der Waals surface area contributed by atoms with Gasteiger partial charge in [0.2, 0.25) is 0 Å². The van der Waals surface area contributed by atoms with E-state index >= 15 is 0 Å².